The lowest BCUT2D eigenvalue weighted by atomic mass is 10.1. The first-order valence-electron chi connectivity index (χ1n) is 11.1. The summed E-state index contributed by atoms with van der Waals surface area (Å²) in [5.74, 6) is 0.134. The van der Waals surface area contributed by atoms with Crippen molar-refractivity contribution in [1.29, 1.82) is 0 Å². The maximum Gasteiger partial charge on any atom is 0.227 e. The summed E-state index contributed by atoms with van der Waals surface area (Å²) in [6, 6.07) is 15.9. The maximum atomic E-state index is 14.4. The molecule has 3 aromatic rings. The predicted octanol–water partition coefficient (Wildman–Crippen LogP) is 4.89. The molecule has 2 aromatic carbocycles. The summed E-state index contributed by atoms with van der Waals surface area (Å²) < 4.78 is 27.5. The van der Waals surface area contributed by atoms with Gasteiger partial charge in [-0.3, -0.25) is 4.90 Å². The van der Waals surface area contributed by atoms with Gasteiger partial charge in [0.25, 0.3) is 0 Å². The Morgan fingerprint density at radius 3 is 2.61 bits per heavy atom. The first-order valence-corrected chi connectivity index (χ1v) is 11.1. The van der Waals surface area contributed by atoms with E-state index >= 15 is 0 Å². The SMILES string of the molecule is C=CCC[C@H](O)CN(CCOC)Cc1c(C)nn(-c2ccccc2)c1Oc1ccccc1F. The van der Waals surface area contributed by atoms with Crippen molar-refractivity contribution in [3.63, 3.8) is 0 Å². The molecule has 1 N–H and O–H groups in total. The highest BCUT2D eigenvalue weighted by Gasteiger charge is 2.23. The van der Waals surface area contributed by atoms with Gasteiger partial charge < -0.3 is 14.6 Å². The Morgan fingerprint density at radius 2 is 1.91 bits per heavy atom. The summed E-state index contributed by atoms with van der Waals surface area (Å²) in [7, 11) is 1.65. The number of benzene rings is 2. The van der Waals surface area contributed by atoms with Crippen LogP contribution in [0.4, 0.5) is 4.39 Å². The molecule has 0 saturated heterocycles. The summed E-state index contributed by atoms with van der Waals surface area (Å²) in [6.07, 6.45) is 2.68. The Kier molecular flexibility index (Phi) is 9.18. The van der Waals surface area contributed by atoms with Gasteiger partial charge in [0.2, 0.25) is 5.88 Å². The van der Waals surface area contributed by atoms with E-state index < -0.39 is 11.9 Å². The first-order chi connectivity index (χ1) is 16.0. The van der Waals surface area contributed by atoms with E-state index in [4.69, 9.17) is 14.6 Å². The van der Waals surface area contributed by atoms with E-state index in [9.17, 15) is 9.50 Å². The van der Waals surface area contributed by atoms with Gasteiger partial charge in [-0.25, -0.2) is 9.07 Å². The van der Waals surface area contributed by atoms with Crippen molar-refractivity contribution in [2.75, 3.05) is 26.8 Å². The van der Waals surface area contributed by atoms with Gasteiger partial charge in [-0.1, -0.05) is 36.4 Å². The Labute approximate surface area is 194 Å². The highest BCUT2D eigenvalue weighted by molar-refractivity contribution is 5.43. The van der Waals surface area contributed by atoms with E-state index in [1.54, 1.807) is 36.1 Å². The zero-order chi connectivity index (χ0) is 23.6. The van der Waals surface area contributed by atoms with Crippen LogP contribution in [0.25, 0.3) is 5.69 Å². The first kappa shape index (κ1) is 24.6. The minimum Gasteiger partial charge on any atom is -0.435 e. The number of methoxy groups -OCH3 is 1. The molecule has 0 bridgehead atoms. The molecule has 176 valence electrons. The third-order valence-electron chi connectivity index (χ3n) is 5.35. The fourth-order valence-corrected chi connectivity index (χ4v) is 3.58. The highest BCUT2D eigenvalue weighted by Crippen LogP contribution is 2.32. The van der Waals surface area contributed by atoms with Crippen LogP contribution >= 0.6 is 0 Å². The molecule has 0 aliphatic heterocycles. The molecule has 0 radical (unpaired) electrons. The number of halogens is 1. The van der Waals surface area contributed by atoms with Crippen molar-refractivity contribution in [2.24, 2.45) is 0 Å². The van der Waals surface area contributed by atoms with Gasteiger partial charge in [-0.05, 0) is 44.0 Å². The van der Waals surface area contributed by atoms with Crippen LogP contribution in [-0.4, -0.2) is 52.7 Å². The largest absolute Gasteiger partial charge is 0.435 e. The molecular weight excluding hydrogens is 421 g/mol. The fourth-order valence-electron chi connectivity index (χ4n) is 3.58. The predicted molar refractivity (Wildman–Crippen MR) is 127 cm³/mol. The van der Waals surface area contributed by atoms with Gasteiger partial charge >= 0.3 is 0 Å². The normalized spacial score (nSPS) is 12.2. The molecule has 3 rings (SSSR count). The molecule has 0 aliphatic rings. The zero-order valence-corrected chi connectivity index (χ0v) is 19.3. The quantitative estimate of drug-likeness (QED) is 0.374. The summed E-state index contributed by atoms with van der Waals surface area (Å²) in [4.78, 5) is 2.10. The second-order valence-electron chi connectivity index (χ2n) is 7.90. The number of aliphatic hydroxyl groups excluding tert-OH is 1. The monoisotopic (exact) mass is 453 g/mol. The molecule has 7 heteroatoms. The van der Waals surface area contributed by atoms with Crippen molar-refractivity contribution in [3.8, 4) is 17.3 Å². The molecule has 0 amide bonds. The molecule has 1 atom stereocenters. The number of aromatic nitrogens is 2. The lowest BCUT2D eigenvalue weighted by molar-refractivity contribution is 0.0804. The zero-order valence-electron chi connectivity index (χ0n) is 19.3. The molecular formula is C26H32FN3O3. The summed E-state index contributed by atoms with van der Waals surface area (Å²) >= 11 is 0. The van der Waals surface area contributed by atoms with E-state index in [2.05, 4.69) is 11.5 Å². The topological polar surface area (TPSA) is 59.8 Å². The van der Waals surface area contributed by atoms with Crippen molar-refractivity contribution in [1.82, 2.24) is 14.7 Å². The number of hydrogen-bond donors (Lipinski definition) is 1. The molecule has 1 heterocycles. The van der Waals surface area contributed by atoms with E-state index in [-0.39, 0.29) is 5.75 Å². The molecule has 0 aliphatic carbocycles. The summed E-state index contributed by atoms with van der Waals surface area (Å²) in [6.45, 7) is 7.71. The third kappa shape index (κ3) is 6.74. The van der Waals surface area contributed by atoms with Gasteiger partial charge in [-0.2, -0.15) is 5.10 Å². The average molecular weight is 454 g/mol. The average Bonchev–Trinajstić information content (AvgIpc) is 3.13. The van der Waals surface area contributed by atoms with Crippen LogP contribution < -0.4 is 4.74 Å². The van der Waals surface area contributed by atoms with Gasteiger partial charge in [-0.15, -0.1) is 6.58 Å². The van der Waals surface area contributed by atoms with Gasteiger partial charge in [0.1, 0.15) is 0 Å². The molecule has 1 aromatic heterocycles. The van der Waals surface area contributed by atoms with E-state index in [1.165, 1.54) is 6.07 Å². The Balaban J connectivity index is 1.97. The standard InChI is InChI=1S/C26H32FN3O3/c1-4-5-13-22(31)18-29(16-17-32-3)19-23-20(2)28-30(21-11-7-6-8-12-21)26(23)33-25-15-10-9-14-24(25)27/h4,6-12,14-15,22,31H,1,5,13,16-19H2,2-3H3/t22-/m0/s1. The number of rotatable bonds is 13. The van der Waals surface area contributed by atoms with Crippen molar-refractivity contribution in [2.45, 2.75) is 32.4 Å². The van der Waals surface area contributed by atoms with Crippen LogP contribution in [0.5, 0.6) is 11.6 Å². The van der Waals surface area contributed by atoms with Crippen LogP contribution in [0.3, 0.4) is 0 Å². The van der Waals surface area contributed by atoms with E-state index in [0.29, 0.717) is 38.5 Å². The number of aliphatic hydroxyl groups is 1. The van der Waals surface area contributed by atoms with E-state index in [1.807, 2.05) is 37.3 Å². The molecule has 33 heavy (non-hydrogen) atoms. The molecule has 0 spiro atoms. The Hall–Kier alpha value is -3.00. The lowest BCUT2D eigenvalue weighted by Crippen LogP contribution is -2.34. The van der Waals surface area contributed by atoms with Crippen molar-refractivity contribution < 1.29 is 19.0 Å². The second kappa shape index (κ2) is 12.3. The minimum atomic E-state index is -0.500. The number of ether oxygens (including phenoxy) is 2. The molecule has 0 unspecified atom stereocenters. The van der Waals surface area contributed by atoms with Gasteiger partial charge in [0, 0.05) is 26.7 Å². The van der Waals surface area contributed by atoms with E-state index in [0.717, 1.165) is 23.4 Å². The van der Waals surface area contributed by atoms with Crippen LogP contribution in [0.15, 0.2) is 67.3 Å². The molecule has 6 nitrogen and oxygen atoms in total. The van der Waals surface area contributed by atoms with Crippen LogP contribution in [-0.2, 0) is 11.3 Å². The number of hydrogen-bond acceptors (Lipinski definition) is 5. The number of para-hydroxylation sites is 2. The Morgan fingerprint density at radius 1 is 1.18 bits per heavy atom. The molecule has 0 fully saturated rings. The van der Waals surface area contributed by atoms with Gasteiger partial charge in [0.15, 0.2) is 11.6 Å². The van der Waals surface area contributed by atoms with Crippen LogP contribution in [0.1, 0.15) is 24.1 Å². The number of allylic oxidation sites excluding steroid dienone is 1. The summed E-state index contributed by atoms with van der Waals surface area (Å²) in [5, 5.41) is 15.2. The van der Waals surface area contributed by atoms with Crippen LogP contribution in [0.2, 0.25) is 0 Å². The van der Waals surface area contributed by atoms with Crippen LogP contribution in [0, 0.1) is 12.7 Å². The minimum absolute atomic E-state index is 0.130. The number of nitrogens with zero attached hydrogens (tertiary/aromatic N) is 3. The van der Waals surface area contributed by atoms with Crippen molar-refractivity contribution >= 4 is 0 Å². The third-order valence-corrected chi connectivity index (χ3v) is 5.35. The smallest absolute Gasteiger partial charge is 0.227 e. The maximum absolute atomic E-state index is 14.4. The number of aryl methyl sites for hydroxylation is 1. The van der Waals surface area contributed by atoms with Gasteiger partial charge in [0.05, 0.1) is 29.7 Å². The molecule has 0 saturated carbocycles. The summed E-state index contributed by atoms with van der Waals surface area (Å²) in [5.41, 5.74) is 2.41. The Bertz CT molecular complexity index is 1020. The highest BCUT2D eigenvalue weighted by atomic mass is 19.1. The lowest BCUT2D eigenvalue weighted by Gasteiger charge is -2.25. The second-order valence-corrected chi connectivity index (χ2v) is 7.90. The fraction of sp³-hybridized carbons (Fsp3) is 0.346. The van der Waals surface area contributed by atoms with Crippen molar-refractivity contribution in [3.05, 3.63) is 84.3 Å².